The zero-order chi connectivity index (χ0) is 23.4. The number of aromatic amines is 2. The monoisotopic (exact) mass is 452 g/mol. The predicted octanol–water partition coefficient (Wildman–Crippen LogP) is 3.64. The second-order valence-electron chi connectivity index (χ2n) is 7.81. The third-order valence-electron chi connectivity index (χ3n) is 5.88. The number of aromatic nitrogens is 2. The molecule has 2 N–H and O–H groups in total. The average molecular weight is 452 g/mol. The van der Waals surface area contributed by atoms with Gasteiger partial charge < -0.3 is 19.6 Å². The van der Waals surface area contributed by atoms with Crippen molar-refractivity contribution in [3.63, 3.8) is 0 Å². The van der Waals surface area contributed by atoms with Crippen molar-refractivity contribution in [2.75, 3.05) is 13.7 Å². The molecule has 0 saturated heterocycles. The summed E-state index contributed by atoms with van der Waals surface area (Å²) in [5.41, 5.74) is 0.687. The molecule has 1 aliphatic heterocycles. The molecule has 0 radical (unpaired) electrons. The average Bonchev–Trinajstić information content (AvgIpc) is 3.22. The van der Waals surface area contributed by atoms with E-state index in [1.165, 1.54) is 24.1 Å². The van der Waals surface area contributed by atoms with Crippen LogP contribution in [0.25, 0.3) is 21.7 Å². The molecule has 0 bridgehead atoms. The van der Waals surface area contributed by atoms with Gasteiger partial charge in [-0.05, 0) is 35.7 Å². The van der Waals surface area contributed by atoms with Gasteiger partial charge in [-0.25, -0.2) is 13.2 Å². The number of likely N-dealkylation sites (N-methyl/N-ethyl adjacent to an activating group) is 1. The van der Waals surface area contributed by atoms with Gasteiger partial charge in [0.2, 0.25) is 0 Å². The minimum Gasteiger partial charge on any atom is -0.373 e. The Kier molecular flexibility index (Phi) is 4.72. The summed E-state index contributed by atoms with van der Waals surface area (Å²) >= 11 is 0. The van der Waals surface area contributed by atoms with Gasteiger partial charge in [0, 0.05) is 23.7 Å². The number of benzene rings is 2. The van der Waals surface area contributed by atoms with E-state index in [9.17, 15) is 28.0 Å². The largest absolute Gasteiger partial charge is 0.373 e. The molecule has 5 rings (SSSR count). The van der Waals surface area contributed by atoms with Crippen molar-refractivity contribution in [2.24, 2.45) is 0 Å². The highest BCUT2D eigenvalue weighted by Crippen LogP contribution is 2.34. The normalized spacial score (nSPS) is 15.4. The van der Waals surface area contributed by atoms with Gasteiger partial charge in [-0.1, -0.05) is 0 Å². The lowest BCUT2D eigenvalue weighted by atomic mass is 9.95. The second kappa shape index (κ2) is 7.50. The van der Waals surface area contributed by atoms with E-state index >= 15 is 0 Å². The number of nitrogens with zero attached hydrogens (tertiary/aromatic N) is 2. The van der Waals surface area contributed by atoms with Crippen LogP contribution in [0.5, 0.6) is 0 Å². The number of halogens is 3. The van der Waals surface area contributed by atoms with Gasteiger partial charge in [-0.15, -0.1) is 0 Å². The first kappa shape index (κ1) is 20.8. The van der Waals surface area contributed by atoms with Crippen molar-refractivity contribution >= 4 is 27.6 Å². The van der Waals surface area contributed by atoms with Crippen molar-refractivity contribution < 1.29 is 22.7 Å². The van der Waals surface area contributed by atoms with E-state index in [2.05, 4.69) is 9.97 Å². The fourth-order valence-corrected chi connectivity index (χ4v) is 4.29. The number of hydrogen-bond donors (Lipinski definition) is 2. The second-order valence-corrected chi connectivity index (χ2v) is 7.81. The number of hydrogen-bond acceptors (Lipinski definition) is 4. The van der Waals surface area contributed by atoms with Gasteiger partial charge in [0.25, 0.3) is 11.5 Å². The lowest BCUT2D eigenvalue weighted by molar-refractivity contribution is 0.0333. The number of nitrogens with one attached hydrogen (secondary N) is 2. The molecule has 0 saturated carbocycles. The summed E-state index contributed by atoms with van der Waals surface area (Å²) in [5, 5.41) is 9.80. The van der Waals surface area contributed by atoms with Crippen LogP contribution in [0.2, 0.25) is 0 Å². The molecular weight excluding hydrogens is 437 g/mol. The van der Waals surface area contributed by atoms with E-state index in [-0.39, 0.29) is 40.8 Å². The van der Waals surface area contributed by atoms with Crippen molar-refractivity contribution in [1.82, 2.24) is 14.9 Å². The van der Waals surface area contributed by atoms with Gasteiger partial charge >= 0.3 is 0 Å². The summed E-state index contributed by atoms with van der Waals surface area (Å²) in [4.78, 5) is 32.5. The van der Waals surface area contributed by atoms with E-state index < -0.39 is 35.0 Å². The third kappa shape index (κ3) is 3.25. The Morgan fingerprint density at radius 2 is 1.82 bits per heavy atom. The number of rotatable bonds is 2. The molecule has 166 valence electrons. The maximum absolute atomic E-state index is 14.1. The smallest absolute Gasteiger partial charge is 0.270 e. The molecule has 3 heterocycles. The minimum atomic E-state index is -1.15. The van der Waals surface area contributed by atoms with Gasteiger partial charge in [0.1, 0.15) is 11.5 Å². The lowest BCUT2D eigenvalue weighted by Crippen LogP contribution is -2.37. The van der Waals surface area contributed by atoms with Crippen LogP contribution < -0.4 is 5.56 Å². The molecule has 0 fully saturated rings. The number of H-pyrrole nitrogens is 2. The first-order chi connectivity index (χ1) is 15.8. The Labute approximate surface area is 184 Å². The zero-order valence-corrected chi connectivity index (χ0v) is 17.1. The molecule has 10 heteroatoms. The number of amides is 1. The Morgan fingerprint density at radius 1 is 1.09 bits per heavy atom. The highest BCUT2D eigenvalue weighted by molar-refractivity contribution is 6.00. The molecule has 4 aromatic rings. The molecule has 1 aliphatic rings. The van der Waals surface area contributed by atoms with Crippen LogP contribution in [0.15, 0.2) is 35.1 Å². The molecule has 0 aliphatic carbocycles. The quantitative estimate of drug-likeness (QED) is 0.485. The van der Waals surface area contributed by atoms with Crippen molar-refractivity contribution in [3.05, 3.63) is 80.7 Å². The van der Waals surface area contributed by atoms with Crippen LogP contribution in [-0.2, 0) is 11.3 Å². The molecular formula is C23H15F3N4O3. The molecule has 33 heavy (non-hydrogen) atoms. The maximum atomic E-state index is 14.1. The van der Waals surface area contributed by atoms with Gasteiger partial charge in [0.15, 0.2) is 11.6 Å². The van der Waals surface area contributed by atoms with Crippen molar-refractivity contribution in [3.8, 4) is 6.07 Å². The fourth-order valence-electron chi connectivity index (χ4n) is 4.29. The number of carbonyl (C=O) groups excluding carboxylic acids is 1. The van der Waals surface area contributed by atoms with E-state index in [1.807, 2.05) is 6.07 Å². The van der Waals surface area contributed by atoms with Crippen LogP contribution in [0, 0.1) is 28.8 Å². The molecule has 1 unspecified atom stereocenters. The van der Waals surface area contributed by atoms with Crippen LogP contribution in [0.3, 0.4) is 0 Å². The van der Waals surface area contributed by atoms with E-state index in [0.29, 0.717) is 16.6 Å². The Bertz CT molecular complexity index is 1570. The summed E-state index contributed by atoms with van der Waals surface area (Å²) in [6.07, 6.45) is 0. The topological polar surface area (TPSA) is 102 Å². The van der Waals surface area contributed by atoms with Crippen molar-refractivity contribution in [1.29, 1.82) is 5.26 Å². The Morgan fingerprint density at radius 3 is 2.55 bits per heavy atom. The van der Waals surface area contributed by atoms with Crippen molar-refractivity contribution in [2.45, 2.75) is 12.6 Å². The maximum Gasteiger partial charge on any atom is 0.270 e. The molecule has 7 nitrogen and oxygen atoms in total. The number of nitriles is 1. The minimum absolute atomic E-state index is 0.0369. The summed E-state index contributed by atoms with van der Waals surface area (Å²) in [7, 11) is 1.50. The van der Waals surface area contributed by atoms with Crippen LogP contribution in [0.4, 0.5) is 13.2 Å². The van der Waals surface area contributed by atoms with E-state index in [4.69, 9.17) is 4.74 Å². The first-order valence-electron chi connectivity index (χ1n) is 9.89. The predicted molar refractivity (Wildman–Crippen MR) is 112 cm³/mol. The highest BCUT2D eigenvalue weighted by atomic mass is 19.2. The van der Waals surface area contributed by atoms with Gasteiger partial charge in [-0.2, -0.15) is 5.26 Å². The fraction of sp³-hybridized carbons (Fsp3) is 0.174. The number of carbonyl (C=O) groups is 1. The zero-order valence-electron chi connectivity index (χ0n) is 17.1. The number of pyridine rings is 1. The van der Waals surface area contributed by atoms with Crippen LogP contribution in [0.1, 0.15) is 33.4 Å². The van der Waals surface area contributed by atoms with E-state index in [0.717, 1.165) is 18.2 Å². The Hall–Kier alpha value is -4.10. The third-order valence-corrected chi connectivity index (χ3v) is 5.88. The highest BCUT2D eigenvalue weighted by Gasteiger charge is 2.32. The van der Waals surface area contributed by atoms with Gasteiger partial charge in [-0.3, -0.25) is 9.59 Å². The Balaban J connectivity index is 1.62. The number of ether oxygens (including phenoxy) is 1. The first-order valence-corrected chi connectivity index (χ1v) is 9.89. The molecule has 2 aromatic heterocycles. The summed E-state index contributed by atoms with van der Waals surface area (Å²) < 4.78 is 47.2. The summed E-state index contributed by atoms with van der Waals surface area (Å²) in [6, 6.07) is 6.65. The summed E-state index contributed by atoms with van der Waals surface area (Å²) in [6.45, 7) is 0.0862. The molecule has 0 spiro atoms. The van der Waals surface area contributed by atoms with Crippen LogP contribution >= 0.6 is 0 Å². The van der Waals surface area contributed by atoms with Gasteiger partial charge in [0.05, 0.1) is 41.8 Å². The summed E-state index contributed by atoms with van der Waals surface area (Å²) in [5.74, 6) is -3.39. The number of fused-ring (bicyclic) bond motifs is 4. The lowest BCUT2D eigenvalue weighted by Gasteiger charge is -2.33. The van der Waals surface area contributed by atoms with E-state index in [1.54, 1.807) is 0 Å². The molecule has 1 amide bonds. The molecule has 1 atom stereocenters. The standard InChI is InChI=1S/C23H15F3N4O3/c1-30(23(32)18-6-12-10(7-27)2-11(24)3-17(12)28-18)20-9-33-8-19-21(20)13-4-15(25)16(26)5-14(13)22(31)29-19/h2-6,20,28H,8-9H2,1H3,(H,29,31). The molecule has 2 aromatic carbocycles. The van der Waals surface area contributed by atoms with Crippen LogP contribution in [-0.4, -0.2) is 34.4 Å². The SMILES string of the molecule is CN(C(=O)c1cc2c(C#N)cc(F)cc2[nH]1)C1COCc2[nH]c(=O)c3cc(F)c(F)cc3c21.